The molecular weight excluding hydrogens is 322 g/mol. The van der Waals surface area contributed by atoms with Gasteiger partial charge in [-0.25, -0.2) is 4.79 Å². The van der Waals surface area contributed by atoms with Gasteiger partial charge in [0.2, 0.25) is 0 Å². The van der Waals surface area contributed by atoms with Gasteiger partial charge >= 0.3 is 6.09 Å². The molecule has 0 spiro atoms. The monoisotopic (exact) mass is 351 g/mol. The maximum absolute atomic E-state index is 12.3. The predicted molar refractivity (Wildman–Crippen MR) is 92.0 cm³/mol. The Bertz CT molecular complexity index is 603. The van der Waals surface area contributed by atoms with Crippen molar-refractivity contribution in [1.29, 1.82) is 0 Å². The van der Waals surface area contributed by atoms with Gasteiger partial charge in [-0.15, -0.1) is 0 Å². The Morgan fingerprint density at radius 3 is 2.60 bits per heavy atom. The van der Waals surface area contributed by atoms with Crippen LogP contribution in [0.5, 0.6) is 0 Å². The maximum atomic E-state index is 12.3. The van der Waals surface area contributed by atoms with Crippen molar-refractivity contribution in [2.45, 2.75) is 71.6 Å². The Morgan fingerprint density at radius 2 is 2.00 bits per heavy atom. The number of ketones is 1. The fourth-order valence-corrected chi connectivity index (χ4v) is 4.01. The van der Waals surface area contributed by atoms with Crippen LogP contribution >= 0.6 is 0 Å². The number of rotatable bonds is 1. The zero-order chi connectivity index (χ0) is 18.6. The largest absolute Gasteiger partial charge is 0.444 e. The first-order valence-electron chi connectivity index (χ1n) is 9.03. The first kappa shape index (κ1) is 18.4. The Morgan fingerprint density at radius 1 is 1.32 bits per heavy atom. The Hall–Kier alpha value is -1.40. The molecule has 6 heteroatoms. The molecule has 0 aromatic rings. The van der Waals surface area contributed by atoms with E-state index in [0.717, 1.165) is 0 Å². The summed E-state index contributed by atoms with van der Waals surface area (Å²) in [6.07, 6.45) is 1.54. The highest BCUT2D eigenvalue weighted by Gasteiger charge is 2.55. The number of hydrogen-bond donors (Lipinski definition) is 0. The summed E-state index contributed by atoms with van der Waals surface area (Å²) >= 11 is 0. The third-order valence-corrected chi connectivity index (χ3v) is 4.95. The van der Waals surface area contributed by atoms with Crippen molar-refractivity contribution in [2.75, 3.05) is 13.1 Å². The number of hydrogen-bond acceptors (Lipinski definition) is 5. The van der Waals surface area contributed by atoms with Gasteiger partial charge in [-0.1, -0.05) is 18.6 Å². The molecule has 0 radical (unpaired) electrons. The highest BCUT2D eigenvalue weighted by molar-refractivity contribution is 5.87. The topological polar surface area (TPSA) is 65.1 Å². The van der Waals surface area contributed by atoms with Crippen LogP contribution in [0.2, 0.25) is 0 Å². The predicted octanol–water partition coefficient (Wildman–Crippen LogP) is 2.91. The Balaban J connectivity index is 1.72. The zero-order valence-corrected chi connectivity index (χ0v) is 16.0. The minimum Gasteiger partial charge on any atom is -0.444 e. The van der Waals surface area contributed by atoms with E-state index in [1.807, 2.05) is 34.6 Å². The van der Waals surface area contributed by atoms with Crippen molar-refractivity contribution < 1.29 is 23.8 Å². The van der Waals surface area contributed by atoms with E-state index in [9.17, 15) is 9.59 Å². The van der Waals surface area contributed by atoms with Crippen molar-refractivity contribution in [3.05, 3.63) is 11.6 Å². The average Bonchev–Trinajstić information content (AvgIpc) is 2.92. The third-order valence-electron chi connectivity index (χ3n) is 4.95. The van der Waals surface area contributed by atoms with Gasteiger partial charge in [0.1, 0.15) is 17.8 Å². The number of amides is 1. The summed E-state index contributed by atoms with van der Waals surface area (Å²) in [7, 11) is 0. The SMILES string of the molecule is CC1CN(C(=O)OC(C)(C)C)CC=C1[C@H]1CC(=O)[C@@H]2OC(C)(C)O[C@H]12. The van der Waals surface area contributed by atoms with Crippen molar-refractivity contribution in [2.24, 2.45) is 11.8 Å². The minimum atomic E-state index is -0.718. The first-order chi connectivity index (χ1) is 11.5. The second-order valence-corrected chi connectivity index (χ2v) is 8.79. The fourth-order valence-electron chi connectivity index (χ4n) is 4.01. The van der Waals surface area contributed by atoms with E-state index in [2.05, 4.69) is 13.0 Å². The van der Waals surface area contributed by atoms with Gasteiger partial charge in [-0.3, -0.25) is 4.79 Å². The van der Waals surface area contributed by atoms with Crippen molar-refractivity contribution >= 4 is 11.9 Å². The summed E-state index contributed by atoms with van der Waals surface area (Å²) in [5, 5.41) is 0. The smallest absolute Gasteiger partial charge is 0.410 e. The Kier molecular flexibility index (Phi) is 4.48. The van der Waals surface area contributed by atoms with Gasteiger partial charge in [-0.05, 0) is 40.5 Å². The second kappa shape index (κ2) is 6.09. The number of carbonyl (C=O) groups excluding carboxylic acids is 2. The van der Waals surface area contributed by atoms with Gasteiger partial charge in [0.05, 0.1) is 0 Å². The van der Waals surface area contributed by atoms with Crippen LogP contribution in [-0.4, -0.2) is 53.5 Å². The molecule has 2 aliphatic heterocycles. The van der Waals surface area contributed by atoms with E-state index in [4.69, 9.17) is 14.2 Å². The molecule has 4 atom stereocenters. The van der Waals surface area contributed by atoms with E-state index in [-0.39, 0.29) is 29.8 Å². The molecule has 0 bridgehead atoms. The molecule has 2 heterocycles. The minimum absolute atomic E-state index is 0.0371. The lowest BCUT2D eigenvalue weighted by Gasteiger charge is -2.35. The Labute approximate surface area is 149 Å². The first-order valence-corrected chi connectivity index (χ1v) is 9.03. The lowest BCUT2D eigenvalue weighted by Crippen LogP contribution is -2.43. The lowest BCUT2D eigenvalue weighted by molar-refractivity contribution is -0.162. The average molecular weight is 351 g/mol. The number of ether oxygens (including phenoxy) is 3. The van der Waals surface area contributed by atoms with Crippen LogP contribution in [-0.2, 0) is 19.0 Å². The molecule has 140 valence electrons. The van der Waals surface area contributed by atoms with Crippen LogP contribution in [0.1, 0.15) is 48.0 Å². The zero-order valence-electron chi connectivity index (χ0n) is 16.0. The molecule has 3 rings (SSSR count). The number of nitrogens with zero attached hydrogens (tertiary/aromatic N) is 1. The van der Waals surface area contributed by atoms with Crippen LogP contribution in [0, 0.1) is 11.8 Å². The highest BCUT2D eigenvalue weighted by atomic mass is 16.8. The summed E-state index contributed by atoms with van der Waals surface area (Å²) in [4.78, 5) is 26.3. The molecule has 0 aromatic heterocycles. The van der Waals surface area contributed by atoms with E-state index in [1.54, 1.807) is 4.90 Å². The van der Waals surface area contributed by atoms with Gasteiger partial charge in [-0.2, -0.15) is 0 Å². The summed E-state index contributed by atoms with van der Waals surface area (Å²) in [6, 6.07) is 0. The van der Waals surface area contributed by atoms with Gasteiger partial charge < -0.3 is 19.1 Å². The van der Waals surface area contributed by atoms with Gasteiger partial charge in [0.15, 0.2) is 11.6 Å². The molecule has 1 saturated carbocycles. The standard InChI is InChI=1S/C19H29NO5/c1-11-10-20(17(22)25-18(2,3)4)8-7-12(11)13-9-14(21)16-15(13)23-19(5,6)24-16/h7,11,13,15-16H,8-10H2,1-6H3/t11?,13-,15-,16+/m1/s1. The molecule has 0 N–H and O–H groups in total. The highest BCUT2D eigenvalue weighted by Crippen LogP contribution is 2.44. The van der Waals surface area contributed by atoms with Crippen LogP contribution < -0.4 is 0 Å². The normalized spacial score (nSPS) is 34.7. The molecule has 2 fully saturated rings. The summed E-state index contributed by atoms with van der Waals surface area (Å²) < 4.78 is 17.2. The molecule has 1 aliphatic carbocycles. The summed E-state index contributed by atoms with van der Waals surface area (Å²) in [5.41, 5.74) is 0.692. The molecule has 25 heavy (non-hydrogen) atoms. The number of carbonyl (C=O) groups is 2. The van der Waals surface area contributed by atoms with Crippen molar-refractivity contribution in [3.63, 3.8) is 0 Å². The van der Waals surface area contributed by atoms with Crippen molar-refractivity contribution in [3.8, 4) is 0 Å². The summed E-state index contributed by atoms with van der Waals surface area (Å²) in [6.45, 7) is 12.5. The molecule has 6 nitrogen and oxygen atoms in total. The van der Waals surface area contributed by atoms with Gasteiger partial charge in [0, 0.05) is 25.4 Å². The van der Waals surface area contributed by atoms with Crippen molar-refractivity contribution in [1.82, 2.24) is 4.90 Å². The van der Waals surface area contributed by atoms with Crippen LogP contribution in [0.4, 0.5) is 4.79 Å². The van der Waals surface area contributed by atoms with E-state index in [0.29, 0.717) is 19.5 Å². The molecule has 3 aliphatic rings. The summed E-state index contributed by atoms with van der Waals surface area (Å²) in [5.74, 6) is -0.409. The number of Topliss-reactive ketones (excluding diaryl/α,β-unsaturated/α-hetero) is 1. The quantitative estimate of drug-likeness (QED) is 0.680. The van der Waals surface area contributed by atoms with E-state index < -0.39 is 17.5 Å². The molecule has 0 aromatic carbocycles. The van der Waals surface area contributed by atoms with Crippen LogP contribution in [0.3, 0.4) is 0 Å². The van der Waals surface area contributed by atoms with E-state index in [1.165, 1.54) is 5.57 Å². The van der Waals surface area contributed by atoms with E-state index >= 15 is 0 Å². The fraction of sp³-hybridized carbons (Fsp3) is 0.789. The molecule has 1 amide bonds. The lowest BCUT2D eigenvalue weighted by atomic mass is 9.84. The van der Waals surface area contributed by atoms with Crippen LogP contribution in [0.15, 0.2) is 11.6 Å². The second-order valence-electron chi connectivity index (χ2n) is 8.79. The molecular formula is C19H29NO5. The molecule has 1 saturated heterocycles. The van der Waals surface area contributed by atoms with Gasteiger partial charge in [0.25, 0.3) is 0 Å². The third kappa shape index (κ3) is 3.75. The maximum Gasteiger partial charge on any atom is 0.410 e. The number of fused-ring (bicyclic) bond motifs is 1. The molecule has 1 unspecified atom stereocenters. The van der Waals surface area contributed by atoms with Crippen LogP contribution in [0.25, 0.3) is 0 Å².